The number of para-hydroxylation sites is 2. The van der Waals surface area contributed by atoms with E-state index in [1.54, 1.807) is 0 Å². The number of hydrogen-bond donors (Lipinski definition) is 1. The van der Waals surface area contributed by atoms with Crippen LogP contribution in [0.3, 0.4) is 0 Å². The molecule has 1 amide bonds. The molecule has 0 spiro atoms. The maximum atomic E-state index is 13.1. The average Bonchev–Trinajstić information content (AvgIpc) is 2.62. The van der Waals surface area contributed by atoms with Crippen LogP contribution in [0.4, 0.5) is 21.5 Å². The maximum Gasteiger partial charge on any atom is 0.227 e. The van der Waals surface area contributed by atoms with Crippen molar-refractivity contribution in [3.8, 4) is 0 Å². The molecule has 2 aromatic carbocycles. The van der Waals surface area contributed by atoms with Gasteiger partial charge in [-0.2, -0.15) is 0 Å². The Labute approximate surface area is 153 Å². The highest BCUT2D eigenvalue weighted by Crippen LogP contribution is 2.31. The summed E-state index contributed by atoms with van der Waals surface area (Å²) in [6.45, 7) is 3.48. The zero-order chi connectivity index (χ0) is 17.9. The maximum absolute atomic E-state index is 13.1. The number of amides is 1. The van der Waals surface area contributed by atoms with Crippen LogP contribution in [0, 0.1) is 11.7 Å². The van der Waals surface area contributed by atoms with Crippen molar-refractivity contribution in [2.24, 2.45) is 5.92 Å². The zero-order valence-electron chi connectivity index (χ0n) is 14.8. The number of carbonyl (C=O) groups excluding carboxylic acids is 1. The third-order valence-corrected chi connectivity index (χ3v) is 5.45. The molecule has 0 aromatic heterocycles. The molecule has 1 N–H and O–H groups in total. The van der Waals surface area contributed by atoms with Gasteiger partial charge in [0.05, 0.1) is 11.4 Å². The Morgan fingerprint density at radius 3 is 2.23 bits per heavy atom. The second-order valence-corrected chi connectivity index (χ2v) is 7.08. The van der Waals surface area contributed by atoms with Crippen molar-refractivity contribution in [2.75, 3.05) is 41.3 Å². The number of nitrogens with zero attached hydrogens (tertiary/aromatic N) is 2. The van der Waals surface area contributed by atoms with Crippen LogP contribution in [0.2, 0.25) is 0 Å². The lowest BCUT2D eigenvalue weighted by molar-refractivity contribution is -0.122. The van der Waals surface area contributed by atoms with Crippen molar-refractivity contribution < 1.29 is 9.18 Å². The third-order valence-electron chi connectivity index (χ3n) is 5.45. The van der Waals surface area contributed by atoms with Gasteiger partial charge >= 0.3 is 0 Å². The Hall–Kier alpha value is -2.56. The Balaban J connectivity index is 1.42. The van der Waals surface area contributed by atoms with Gasteiger partial charge < -0.3 is 15.1 Å². The van der Waals surface area contributed by atoms with Crippen LogP contribution in [0.15, 0.2) is 48.5 Å². The van der Waals surface area contributed by atoms with E-state index >= 15 is 0 Å². The molecule has 136 valence electrons. The van der Waals surface area contributed by atoms with Crippen molar-refractivity contribution in [1.29, 1.82) is 0 Å². The fourth-order valence-corrected chi connectivity index (χ4v) is 3.62. The summed E-state index contributed by atoms with van der Waals surface area (Å²) in [7, 11) is 0. The molecule has 1 heterocycles. The van der Waals surface area contributed by atoms with E-state index in [1.807, 2.05) is 30.3 Å². The van der Waals surface area contributed by atoms with E-state index in [0.717, 1.165) is 62.5 Å². The summed E-state index contributed by atoms with van der Waals surface area (Å²) < 4.78 is 13.1. The molecule has 2 aliphatic rings. The topological polar surface area (TPSA) is 35.6 Å². The van der Waals surface area contributed by atoms with Crippen LogP contribution >= 0.6 is 0 Å². The van der Waals surface area contributed by atoms with Gasteiger partial charge in [-0.05, 0) is 49.2 Å². The summed E-state index contributed by atoms with van der Waals surface area (Å²) in [6.07, 6.45) is 3.17. The zero-order valence-corrected chi connectivity index (χ0v) is 14.8. The van der Waals surface area contributed by atoms with E-state index in [2.05, 4.69) is 21.2 Å². The second kappa shape index (κ2) is 7.36. The number of hydrogen-bond acceptors (Lipinski definition) is 3. The summed E-state index contributed by atoms with van der Waals surface area (Å²) in [5.74, 6) is 0.121. The molecule has 0 radical (unpaired) electrons. The van der Waals surface area contributed by atoms with Crippen LogP contribution in [-0.4, -0.2) is 32.1 Å². The van der Waals surface area contributed by atoms with Crippen LogP contribution in [0.1, 0.15) is 19.3 Å². The van der Waals surface area contributed by atoms with Crippen molar-refractivity contribution >= 4 is 23.0 Å². The first-order chi connectivity index (χ1) is 12.7. The van der Waals surface area contributed by atoms with Gasteiger partial charge in [0.25, 0.3) is 0 Å². The molecule has 1 saturated carbocycles. The van der Waals surface area contributed by atoms with Crippen LogP contribution in [0.25, 0.3) is 0 Å². The lowest BCUT2D eigenvalue weighted by atomic mass is 9.85. The van der Waals surface area contributed by atoms with Crippen LogP contribution in [0.5, 0.6) is 0 Å². The number of rotatable bonds is 4. The first kappa shape index (κ1) is 16.9. The SMILES string of the molecule is O=C(Nc1ccccc1N1CCN(c2ccc(F)cc2)CC1)C1CCC1. The number of nitrogens with one attached hydrogen (secondary N) is 1. The van der Waals surface area contributed by atoms with Gasteiger partial charge in [-0.15, -0.1) is 0 Å². The highest BCUT2D eigenvalue weighted by molar-refractivity contribution is 5.96. The Bertz CT molecular complexity index is 765. The Morgan fingerprint density at radius 1 is 0.923 bits per heavy atom. The largest absolute Gasteiger partial charge is 0.368 e. The summed E-state index contributed by atoms with van der Waals surface area (Å²) in [5.41, 5.74) is 3.04. The summed E-state index contributed by atoms with van der Waals surface area (Å²) >= 11 is 0. The van der Waals surface area contributed by atoms with Gasteiger partial charge in [0, 0.05) is 37.8 Å². The highest BCUT2D eigenvalue weighted by Gasteiger charge is 2.26. The fourth-order valence-electron chi connectivity index (χ4n) is 3.62. The Kier molecular flexibility index (Phi) is 4.78. The minimum absolute atomic E-state index is 0.147. The van der Waals surface area contributed by atoms with Crippen LogP contribution in [-0.2, 0) is 4.79 Å². The number of benzene rings is 2. The lowest BCUT2D eigenvalue weighted by Gasteiger charge is -2.38. The number of anilines is 3. The van der Waals surface area contributed by atoms with Gasteiger partial charge in [-0.25, -0.2) is 4.39 Å². The molecular formula is C21H24FN3O. The molecule has 1 aliphatic carbocycles. The lowest BCUT2D eigenvalue weighted by Crippen LogP contribution is -2.46. The second-order valence-electron chi connectivity index (χ2n) is 7.08. The minimum Gasteiger partial charge on any atom is -0.368 e. The van der Waals surface area contributed by atoms with Gasteiger partial charge in [0.15, 0.2) is 0 Å². The monoisotopic (exact) mass is 353 g/mol. The van der Waals surface area contributed by atoms with Gasteiger partial charge in [-0.1, -0.05) is 18.6 Å². The van der Waals surface area contributed by atoms with E-state index in [9.17, 15) is 9.18 Å². The smallest absolute Gasteiger partial charge is 0.227 e. The molecule has 4 rings (SSSR count). The first-order valence-corrected chi connectivity index (χ1v) is 9.36. The molecular weight excluding hydrogens is 329 g/mol. The van der Waals surface area contributed by atoms with Crippen molar-refractivity contribution in [2.45, 2.75) is 19.3 Å². The molecule has 1 aliphatic heterocycles. The number of halogens is 1. The predicted octanol–water partition coefficient (Wildman–Crippen LogP) is 3.89. The molecule has 2 fully saturated rings. The first-order valence-electron chi connectivity index (χ1n) is 9.36. The molecule has 5 heteroatoms. The number of piperazine rings is 1. The van der Waals surface area contributed by atoms with Crippen LogP contribution < -0.4 is 15.1 Å². The quantitative estimate of drug-likeness (QED) is 0.906. The minimum atomic E-state index is -0.205. The third kappa shape index (κ3) is 3.52. The molecule has 0 bridgehead atoms. The normalized spacial score (nSPS) is 17.7. The molecule has 1 saturated heterocycles. The van der Waals surface area contributed by atoms with E-state index in [4.69, 9.17) is 0 Å². The summed E-state index contributed by atoms with van der Waals surface area (Å²) in [5, 5.41) is 3.12. The van der Waals surface area contributed by atoms with Gasteiger partial charge in [0.2, 0.25) is 5.91 Å². The van der Waals surface area contributed by atoms with Gasteiger partial charge in [-0.3, -0.25) is 4.79 Å². The van der Waals surface area contributed by atoms with Crippen molar-refractivity contribution in [1.82, 2.24) is 0 Å². The Morgan fingerprint density at radius 2 is 1.58 bits per heavy atom. The van der Waals surface area contributed by atoms with E-state index in [0.29, 0.717) is 0 Å². The fraction of sp³-hybridized carbons (Fsp3) is 0.381. The van der Waals surface area contributed by atoms with Gasteiger partial charge in [0.1, 0.15) is 5.82 Å². The summed E-state index contributed by atoms with van der Waals surface area (Å²) in [4.78, 5) is 16.9. The molecule has 0 atom stereocenters. The van der Waals surface area contributed by atoms with E-state index in [1.165, 1.54) is 12.1 Å². The van der Waals surface area contributed by atoms with E-state index in [-0.39, 0.29) is 17.6 Å². The average molecular weight is 353 g/mol. The molecule has 4 nitrogen and oxygen atoms in total. The highest BCUT2D eigenvalue weighted by atomic mass is 19.1. The van der Waals surface area contributed by atoms with E-state index < -0.39 is 0 Å². The van der Waals surface area contributed by atoms with Crippen molar-refractivity contribution in [3.05, 3.63) is 54.3 Å². The number of carbonyl (C=O) groups is 1. The molecule has 0 unspecified atom stereocenters. The standard InChI is InChI=1S/C21H24FN3O/c22-17-8-10-18(11-9-17)24-12-14-25(15-13-24)20-7-2-1-6-19(20)23-21(26)16-4-3-5-16/h1-2,6-11,16H,3-5,12-15H2,(H,23,26). The molecule has 2 aromatic rings. The predicted molar refractivity (Wildman–Crippen MR) is 103 cm³/mol. The molecule has 26 heavy (non-hydrogen) atoms. The summed E-state index contributed by atoms with van der Waals surface area (Å²) in [6, 6.07) is 14.7. The van der Waals surface area contributed by atoms with Crippen molar-refractivity contribution in [3.63, 3.8) is 0 Å².